The summed E-state index contributed by atoms with van der Waals surface area (Å²) >= 11 is 7.34. The number of aryl methyl sites for hydroxylation is 1. The van der Waals surface area contributed by atoms with Crippen LogP contribution >= 0.6 is 23.4 Å². The molecular formula is C23H19ClN4O2S. The molecule has 2 heterocycles. The topological polar surface area (TPSA) is 97.4 Å². The van der Waals surface area contributed by atoms with Crippen LogP contribution in [-0.2, 0) is 11.2 Å². The maximum absolute atomic E-state index is 12.3. The summed E-state index contributed by atoms with van der Waals surface area (Å²) in [6.07, 6.45) is 4.91. The molecule has 4 rings (SSSR count). The van der Waals surface area contributed by atoms with Crippen molar-refractivity contribution in [3.63, 3.8) is 0 Å². The number of nitrogens with two attached hydrogens (primary N) is 1. The van der Waals surface area contributed by atoms with E-state index in [0.717, 1.165) is 22.0 Å². The standard InChI is InChI=1S/C23H19ClN4O2S/c24-17-6-7-18(21(25)29)15(13-17)3-1-10-27-23-28-22(30)20(31-23)12-14-5-8-19-16(11-14)4-2-9-26-19/h2,4-9,11-13H,1,3,10H2,(H2,25,29)(H,27,28,30). The van der Waals surface area contributed by atoms with Gasteiger partial charge >= 0.3 is 0 Å². The first-order chi connectivity index (χ1) is 15.0. The fourth-order valence-corrected chi connectivity index (χ4v) is 4.34. The number of nitrogens with one attached hydrogen (secondary N) is 1. The van der Waals surface area contributed by atoms with Gasteiger partial charge in [0.2, 0.25) is 5.91 Å². The number of benzene rings is 2. The molecule has 1 aliphatic rings. The van der Waals surface area contributed by atoms with Crippen LogP contribution in [0.15, 0.2) is 64.6 Å². The number of amidine groups is 1. The average Bonchev–Trinajstić information content (AvgIpc) is 3.10. The predicted octanol–water partition coefficient (Wildman–Crippen LogP) is 4.18. The van der Waals surface area contributed by atoms with Gasteiger partial charge in [0, 0.05) is 28.7 Å². The monoisotopic (exact) mass is 450 g/mol. The first-order valence-electron chi connectivity index (χ1n) is 9.68. The van der Waals surface area contributed by atoms with Crippen molar-refractivity contribution >= 4 is 57.3 Å². The third-order valence-corrected chi connectivity index (χ3v) is 5.95. The van der Waals surface area contributed by atoms with Gasteiger partial charge in [0.15, 0.2) is 5.17 Å². The highest BCUT2D eigenvalue weighted by Crippen LogP contribution is 2.27. The molecule has 6 nitrogen and oxygen atoms in total. The van der Waals surface area contributed by atoms with E-state index in [0.29, 0.717) is 40.0 Å². The van der Waals surface area contributed by atoms with Gasteiger partial charge in [-0.05, 0) is 78.2 Å². The van der Waals surface area contributed by atoms with E-state index in [9.17, 15) is 9.59 Å². The van der Waals surface area contributed by atoms with Gasteiger partial charge in [-0.15, -0.1) is 0 Å². The van der Waals surface area contributed by atoms with Crippen LogP contribution in [0.2, 0.25) is 5.02 Å². The second kappa shape index (κ2) is 9.32. The molecule has 0 radical (unpaired) electrons. The van der Waals surface area contributed by atoms with E-state index < -0.39 is 5.91 Å². The molecule has 1 aliphatic heterocycles. The Hall–Kier alpha value is -3.16. The van der Waals surface area contributed by atoms with Crippen molar-refractivity contribution in [3.05, 3.63) is 81.3 Å². The summed E-state index contributed by atoms with van der Waals surface area (Å²) in [5.74, 6) is -0.642. The molecule has 156 valence electrons. The zero-order valence-corrected chi connectivity index (χ0v) is 18.0. The van der Waals surface area contributed by atoms with Gasteiger partial charge < -0.3 is 11.1 Å². The van der Waals surface area contributed by atoms with Crippen molar-refractivity contribution in [3.8, 4) is 0 Å². The highest BCUT2D eigenvalue weighted by atomic mass is 35.5. The number of aliphatic imine (C=N–C) groups is 1. The first-order valence-corrected chi connectivity index (χ1v) is 10.9. The van der Waals surface area contributed by atoms with Crippen LogP contribution in [0.25, 0.3) is 17.0 Å². The molecule has 31 heavy (non-hydrogen) atoms. The Morgan fingerprint density at radius 1 is 1.23 bits per heavy atom. The maximum atomic E-state index is 12.3. The van der Waals surface area contributed by atoms with Crippen LogP contribution in [0.3, 0.4) is 0 Å². The number of carbonyl (C=O) groups excluding carboxylic acids is 2. The number of fused-ring (bicyclic) bond motifs is 1. The molecule has 8 heteroatoms. The number of aromatic nitrogens is 1. The molecule has 0 bridgehead atoms. The van der Waals surface area contributed by atoms with Crippen molar-refractivity contribution in [1.29, 1.82) is 0 Å². The molecule has 3 aromatic rings. The van der Waals surface area contributed by atoms with Crippen LogP contribution in [0, 0.1) is 0 Å². The lowest BCUT2D eigenvalue weighted by Gasteiger charge is -2.06. The van der Waals surface area contributed by atoms with Crippen LogP contribution in [0.4, 0.5) is 0 Å². The molecule has 2 aromatic carbocycles. The van der Waals surface area contributed by atoms with E-state index in [1.807, 2.05) is 36.4 Å². The molecule has 0 saturated carbocycles. The molecule has 1 saturated heterocycles. The molecule has 0 unspecified atom stereocenters. The van der Waals surface area contributed by atoms with E-state index >= 15 is 0 Å². The van der Waals surface area contributed by atoms with Crippen LogP contribution in [0.5, 0.6) is 0 Å². The third kappa shape index (κ3) is 5.13. The summed E-state index contributed by atoms with van der Waals surface area (Å²) in [7, 11) is 0. The van der Waals surface area contributed by atoms with Gasteiger partial charge in [-0.3, -0.25) is 19.6 Å². The molecule has 1 fully saturated rings. The molecular weight excluding hydrogens is 432 g/mol. The van der Waals surface area contributed by atoms with E-state index in [4.69, 9.17) is 17.3 Å². The van der Waals surface area contributed by atoms with Gasteiger partial charge in [-0.25, -0.2) is 0 Å². The zero-order valence-electron chi connectivity index (χ0n) is 16.5. The number of halogens is 1. The Bertz CT molecular complexity index is 1240. The smallest absolute Gasteiger partial charge is 0.264 e. The molecule has 0 spiro atoms. The van der Waals surface area contributed by atoms with Gasteiger partial charge in [0.1, 0.15) is 0 Å². The van der Waals surface area contributed by atoms with Gasteiger partial charge in [0.25, 0.3) is 5.91 Å². The lowest BCUT2D eigenvalue weighted by atomic mass is 10.0. The Labute approximate surface area is 188 Å². The van der Waals surface area contributed by atoms with E-state index in [1.165, 1.54) is 11.8 Å². The fraction of sp³-hybridized carbons (Fsp3) is 0.130. The molecule has 3 N–H and O–H groups in total. The second-order valence-corrected chi connectivity index (χ2v) is 8.44. The van der Waals surface area contributed by atoms with Crippen LogP contribution in [-0.4, -0.2) is 28.5 Å². The molecule has 2 amide bonds. The number of nitrogens with zero attached hydrogens (tertiary/aromatic N) is 2. The molecule has 0 aliphatic carbocycles. The number of hydrogen-bond acceptors (Lipinski definition) is 5. The Kier molecular flexibility index (Phi) is 6.34. The minimum absolute atomic E-state index is 0.166. The van der Waals surface area contributed by atoms with Gasteiger partial charge in [-0.1, -0.05) is 23.7 Å². The summed E-state index contributed by atoms with van der Waals surface area (Å²) < 4.78 is 0. The van der Waals surface area contributed by atoms with Crippen molar-refractivity contribution < 1.29 is 9.59 Å². The van der Waals surface area contributed by atoms with Crippen molar-refractivity contribution in [1.82, 2.24) is 10.3 Å². The summed E-state index contributed by atoms with van der Waals surface area (Å²) in [4.78, 5) is 33.2. The van der Waals surface area contributed by atoms with Gasteiger partial charge in [-0.2, -0.15) is 0 Å². The summed E-state index contributed by atoms with van der Waals surface area (Å²) in [6, 6.07) is 14.8. The number of pyridine rings is 1. The Morgan fingerprint density at radius 2 is 2.10 bits per heavy atom. The highest BCUT2D eigenvalue weighted by Gasteiger charge is 2.23. The number of hydrogen-bond donors (Lipinski definition) is 2. The van der Waals surface area contributed by atoms with Crippen molar-refractivity contribution in [2.45, 2.75) is 12.8 Å². The normalized spacial score (nSPS) is 16.2. The van der Waals surface area contributed by atoms with E-state index in [2.05, 4.69) is 15.3 Å². The lowest BCUT2D eigenvalue weighted by molar-refractivity contribution is -0.115. The molecule has 0 atom stereocenters. The highest BCUT2D eigenvalue weighted by molar-refractivity contribution is 8.18. The maximum Gasteiger partial charge on any atom is 0.264 e. The lowest BCUT2D eigenvalue weighted by Crippen LogP contribution is -2.20. The number of rotatable bonds is 6. The Balaban J connectivity index is 1.39. The zero-order chi connectivity index (χ0) is 21.8. The summed E-state index contributed by atoms with van der Waals surface area (Å²) in [6.45, 7) is 0.502. The Morgan fingerprint density at radius 3 is 2.94 bits per heavy atom. The summed E-state index contributed by atoms with van der Waals surface area (Å²) in [5.41, 5.74) is 8.53. The fourth-order valence-electron chi connectivity index (χ4n) is 3.30. The second-order valence-electron chi connectivity index (χ2n) is 6.98. The SMILES string of the molecule is NC(=O)c1ccc(Cl)cc1CCCN=C1NC(=O)C(=Cc2ccc3ncccc3c2)S1. The average molecular weight is 451 g/mol. The van der Waals surface area contributed by atoms with Crippen molar-refractivity contribution in [2.24, 2.45) is 10.7 Å². The van der Waals surface area contributed by atoms with E-state index in [1.54, 1.807) is 24.4 Å². The van der Waals surface area contributed by atoms with Gasteiger partial charge in [0.05, 0.1) is 10.4 Å². The number of carbonyl (C=O) groups is 2. The molecule has 1 aromatic heterocycles. The number of primary amides is 1. The predicted molar refractivity (Wildman–Crippen MR) is 126 cm³/mol. The largest absolute Gasteiger partial charge is 0.366 e. The van der Waals surface area contributed by atoms with Crippen molar-refractivity contribution in [2.75, 3.05) is 6.54 Å². The van der Waals surface area contributed by atoms with Crippen LogP contribution in [0.1, 0.15) is 27.9 Å². The van der Waals surface area contributed by atoms with E-state index in [-0.39, 0.29) is 5.91 Å². The number of thioether (sulfide) groups is 1. The first kappa shape index (κ1) is 21.1. The minimum Gasteiger partial charge on any atom is -0.366 e. The quantitative estimate of drug-likeness (QED) is 0.434. The summed E-state index contributed by atoms with van der Waals surface area (Å²) in [5, 5.41) is 4.94. The van der Waals surface area contributed by atoms with Crippen LogP contribution < -0.4 is 11.1 Å². The number of amides is 2. The third-order valence-electron chi connectivity index (χ3n) is 4.77. The minimum atomic E-state index is -0.476.